The van der Waals surface area contributed by atoms with E-state index in [4.69, 9.17) is 0 Å². The van der Waals surface area contributed by atoms with Crippen molar-refractivity contribution in [1.29, 1.82) is 0 Å². The Bertz CT molecular complexity index is 947. The van der Waals surface area contributed by atoms with Crippen LogP contribution in [0.15, 0.2) is 54.6 Å². The Morgan fingerprint density at radius 1 is 1.00 bits per heavy atom. The fourth-order valence-corrected chi connectivity index (χ4v) is 4.47. The van der Waals surface area contributed by atoms with Crippen LogP contribution in [-0.2, 0) is 12.8 Å². The van der Waals surface area contributed by atoms with Crippen molar-refractivity contribution in [2.75, 3.05) is 11.9 Å². The van der Waals surface area contributed by atoms with Crippen LogP contribution in [0.5, 0.6) is 0 Å². The van der Waals surface area contributed by atoms with E-state index in [1.807, 2.05) is 42.5 Å². The van der Waals surface area contributed by atoms with Crippen LogP contribution in [-0.4, -0.2) is 56.2 Å². The number of carbonyl (C=O) groups is 1. The van der Waals surface area contributed by atoms with Crippen molar-refractivity contribution in [2.45, 2.75) is 19.8 Å². The number of aromatic nitrogens is 2. The fourth-order valence-electron chi connectivity index (χ4n) is 2.89. The molecule has 2 amide bonds. The summed E-state index contributed by atoms with van der Waals surface area (Å²) < 4.78 is 1.61. The Morgan fingerprint density at radius 2 is 1.71 bits per heavy atom. The molecule has 2 N–H and O–H groups in total. The van der Waals surface area contributed by atoms with Crippen LogP contribution in [0.1, 0.15) is 18.2 Å². The molecule has 140 valence electrons. The molecule has 5 nitrogen and oxygen atoms in total. The van der Waals surface area contributed by atoms with Gasteiger partial charge in [0.25, 0.3) is 0 Å². The molecule has 1 heterocycles. The molecule has 0 saturated heterocycles. The molecule has 0 atom stereocenters. The van der Waals surface area contributed by atoms with Gasteiger partial charge in [-0.15, -0.1) is 0 Å². The van der Waals surface area contributed by atoms with Crippen molar-refractivity contribution in [3.63, 3.8) is 0 Å². The fraction of sp³-hybridized carbons (Fsp3) is 0.190. The van der Waals surface area contributed by atoms with Crippen molar-refractivity contribution in [3.8, 4) is 11.1 Å². The van der Waals surface area contributed by atoms with E-state index in [1.165, 1.54) is 5.56 Å². The van der Waals surface area contributed by atoms with E-state index in [-0.39, 0.29) is 6.03 Å². The van der Waals surface area contributed by atoms with Crippen molar-refractivity contribution in [2.24, 2.45) is 0 Å². The van der Waals surface area contributed by atoms with Gasteiger partial charge >= 0.3 is 153 Å². The number of aryl methyl sites for hydroxylation is 1. The Hall–Kier alpha value is -2.09. The number of amides is 2. The maximum absolute atomic E-state index is 12.1. The zero-order valence-corrected chi connectivity index (χ0v) is 19.3. The molecule has 0 aliphatic rings. The normalized spacial score (nSPS) is 10.5. The van der Waals surface area contributed by atoms with Gasteiger partial charge in [0.1, 0.15) is 0 Å². The van der Waals surface area contributed by atoms with Gasteiger partial charge in [-0.25, -0.2) is 0 Å². The second-order valence-electron chi connectivity index (χ2n) is 6.22. The topological polar surface area (TPSA) is 66.9 Å². The zero-order valence-electron chi connectivity index (χ0n) is 15.5. The minimum atomic E-state index is -0.206. The van der Waals surface area contributed by atoms with E-state index in [2.05, 4.69) is 73.4 Å². The molecule has 0 aliphatic carbocycles. The number of hydrogen-bond acceptors (Lipinski definition) is 3. The van der Waals surface area contributed by atoms with Crippen molar-refractivity contribution < 1.29 is 4.79 Å². The molecule has 0 aliphatic heterocycles. The average Bonchev–Trinajstić information content (AvgIpc) is 2.69. The van der Waals surface area contributed by atoms with Crippen LogP contribution >= 0.6 is 0 Å². The first-order valence-electron chi connectivity index (χ1n) is 9.05. The van der Waals surface area contributed by atoms with Crippen LogP contribution in [0.25, 0.3) is 11.1 Å². The molecule has 0 fully saturated rings. The molecule has 3 aromatic rings. The number of nitrogens with zero attached hydrogens (tertiary/aromatic N) is 2. The van der Waals surface area contributed by atoms with Crippen LogP contribution in [0, 0.1) is 0 Å². The first kappa shape index (κ1) is 20.6. The number of carbonyl (C=O) groups excluding carboxylic acids is 1. The Kier molecular flexibility index (Phi) is 7.30. The summed E-state index contributed by atoms with van der Waals surface area (Å²) in [6, 6.07) is 17.6. The summed E-state index contributed by atoms with van der Waals surface area (Å²) in [5.74, 6) is 0. The number of nitrogens with one attached hydrogen (secondary N) is 2. The molecular formula is C21H20As2N4O. The zero-order chi connectivity index (χ0) is 19.9. The van der Waals surface area contributed by atoms with Gasteiger partial charge in [0.05, 0.1) is 0 Å². The monoisotopic (exact) mass is 494 g/mol. The minimum absolute atomic E-state index is 0.206. The third kappa shape index (κ3) is 5.47. The van der Waals surface area contributed by atoms with Crippen LogP contribution in [0.2, 0.25) is 0 Å². The van der Waals surface area contributed by atoms with Gasteiger partial charge in [0, 0.05) is 0 Å². The van der Waals surface area contributed by atoms with Crippen molar-refractivity contribution in [3.05, 3.63) is 65.9 Å². The SMILES string of the molecule is CCc1nc([As])nc([As])c1-c1ccc(NC(=O)NCCc2ccccc2)cc1. The van der Waals surface area contributed by atoms with Gasteiger partial charge in [-0.3, -0.25) is 0 Å². The summed E-state index contributed by atoms with van der Waals surface area (Å²) >= 11 is 4.90. The van der Waals surface area contributed by atoms with E-state index in [1.54, 1.807) is 0 Å². The molecule has 4 radical (unpaired) electrons. The third-order valence-corrected chi connectivity index (χ3v) is 5.36. The second kappa shape index (κ2) is 9.91. The molecular weight excluding hydrogens is 474 g/mol. The Morgan fingerprint density at radius 3 is 2.39 bits per heavy atom. The van der Waals surface area contributed by atoms with E-state index >= 15 is 0 Å². The van der Waals surface area contributed by atoms with Crippen molar-refractivity contribution >= 4 is 54.5 Å². The standard InChI is InChI=1S/C21H20As2N4O/c1-2-17-18(19(22)27-20(23)26-17)15-8-10-16(11-9-15)25-21(28)24-13-12-14-6-4-3-5-7-14/h3-11H,2,12-13H2,1H3,(H2,24,25,28). The summed E-state index contributed by atoms with van der Waals surface area (Å²) in [6.45, 7) is 2.67. The third-order valence-electron chi connectivity index (χ3n) is 4.26. The predicted molar refractivity (Wildman–Crippen MR) is 115 cm³/mol. The van der Waals surface area contributed by atoms with E-state index in [9.17, 15) is 4.79 Å². The van der Waals surface area contributed by atoms with Gasteiger partial charge in [-0.2, -0.15) is 0 Å². The summed E-state index contributed by atoms with van der Waals surface area (Å²) in [7, 11) is 0. The first-order valence-corrected chi connectivity index (χ1v) is 10.9. The Balaban J connectivity index is 1.61. The van der Waals surface area contributed by atoms with Crippen LogP contribution in [0.3, 0.4) is 0 Å². The summed E-state index contributed by atoms with van der Waals surface area (Å²) in [5.41, 5.74) is 5.04. The summed E-state index contributed by atoms with van der Waals surface area (Å²) in [6.07, 6.45) is 1.63. The number of benzene rings is 2. The molecule has 1 aromatic heterocycles. The molecule has 2 aromatic carbocycles. The van der Waals surface area contributed by atoms with Gasteiger partial charge < -0.3 is 0 Å². The quantitative estimate of drug-likeness (QED) is 0.513. The molecule has 7 heteroatoms. The molecule has 3 rings (SSSR count). The van der Waals surface area contributed by atoms with E-state index in [0.29, 0.717) is 11.2 Å². The van der Waals surface area contributed by atoms with Gasteiger partial charge in [-0.05, 0) is 0 Å². The van der Waals surface area contributed by atoms with Crippen LogP contribution < -0.4 is 19.7 Å². The number of anilines is 1. The van der Waals surface area contributed by atoms with Gasteiger partial charge in [-0.1, -0.05) is 30.3 Å². The summed E-state index contributed by atoms with van der Waals surface area (Å²) in [5, 5.41) is 5.76. The average molecular weight is 494 g/mol. The maximum atomic E-state index is 12.1. The Labute approximate surface area is 182 Å². The van der Waals surface area contributed by atoms with E-state index < -0.39 is 0 Å². The molecule has 0 unspecified atom stereocenters. The molecule has 0 bridgehead atoms. The molecule has 0 saturated carbocycles. The van der Waals surface area contributed by atoms with Gasteiger partial charge in [0.2, 0.25) is 0 Å². The number of rotatable bonds is 6. The molecule has 0 spiro atoms. The molecule has 28 heavy (non-hydrogen) atoms. The van der Waals surface area contributed by atoms with Gasteiger partial charge in [0.15, 0.2) is 0 Å². The van der Waals surface area contributed by atoms with Crippen LogP contribution in [0.4, 0.5) is 10.5 Å². The second-order valence-corrected chi connectivity index (χ2v) is 7.94. The van der Waals surface area contributed by atoms with E-state index in [0.717, 1.165) is 39.8 Å². The number of urea groups is 1. The number of hydrogen-bond donors (Lipinski definition) is 2. The van der Waals surface area contributed by atoms with Crippen molar-refractivity contribution in [1.82, 2.24) is 15.3 Å². The predicted octanol–water partition coefficient (Wildman–Crippen LogP) is 1.66. The summed E-state index contributed by atoms with van der Waals surface area (Å²) in [4.78, 5) is 21.1. The first-order chi connectivity index (χ1) is 13.6.